The molecule has 0 amide bonds. The summed E-state index contributed by atoms with van der Waals surface area (Å²) in [7, 11) is -3.17. The summed E-state index contributed by atoms with van der Waals surface area (Å²) in [6.45, 7) is 8.81. The van der Waals surface area contributed by atoms with Gasteiger partial charge in [-0.05, 0) is 25.7 Å². The Morgan fingerprint density at radius 1 is 1.30 bits per heavy atom. The molecule has 1 aromatic heterocycles. The normalized spacial score (nSPS) is 27.7. The molecule has 8 nitrogen and oxygen atoms in total. The number of nitrogens with zero attached hydrogens (tertiary/aromatic N) is 4. The van der Waals surface area contributed by atoms with Crippen LogP contribution in [0.15, 0.2) is 12.4 Å². The van der Waals surface area contributed by atoms with Gasteiger partial charge in [0, 0.05) is 38.3 Å². The third-order valence-electron chi connectivity index (χ3n) is 5.33. The number of ether oxygens (including phenoxy) is 1. The minimum Gasteiger partial charge on any atom is -0.376 e. The fourth-order valence-electron chi connectivity index (χ4n) is 4.05. The lowest BCUT2D eigenvalue weighted by Crippen LogP contribution is -2.53. The molecule has 0 saturated carbocycles. The lowest BCUT2D eigenvalue weighted by molar-refractivity contribution is -0.0203. The summed E-state index contributed by atoms with van der Waals surface area (Å²) >= 11 is 0. The van der Waals surface area contributed by atoms with E-state index in [1.807, 2.05) is 13.0 Å². The summed E-state index contributed by atoms with van der Waals surface area (Å²) in [5, 5.41) is 3.53. The fraction of sp³-hybridized carbons (Fsp3) is 0.778. The van der Waals surface area contributed by atoms with E-state index in [-0.39, 0.29) is 18.2 Å². The van der Waals surface area contributed by atoms with Crippen molar-refractivity contribution < 1.29 is 13.2 Å². The number of piperazine rings is 1. The molecule has 2 aliphatic heterocycles. The van der Waals surface area contributed by atoms with E-state index in [2.05, 4.69) is 34.0 Å². The molecule has 0 aliphatic carbocycles. The van der Waals surface area contributed by atoms with Gasteiger partial charge in [0.25, 0.3) is 0 Å². The summed E-state index contributed by atoms with van der Waals surface area (Å²) in [4.78, 5) is 10.9. The largest absolute Gasteiger partial charge is 0.376 e. The van der Waals surface area contributed by atoms with Crippen molar-refractivity contribution in [3.05, 3.63) is 12.4 Å². The van der Waals surface area contributed by atoms with Crippen molar-refractivity contribution >= 4 is 21.7 Å². The van der Waals surface area contributed by atoms with Gasteiger partial charge in [0.2, 0.25) is 10.0 Å². The number of rotatable bonds is 5. The van der Waals surface area contributed by atoms with Crippen molar-refractivity contribution in [3.8, 4) is 0 Å². The second-order valence-electron chi connectivity index (χ2n) is 7.90. The standard InChI is InChI=1S/C18H31N5O3S/c1-13(2)18-15(6-5-9-26-18)21-16-10-17(20-12-19-16)22-7-8-23(14(3)11-22)27(4,24)25/h10,12-15,18H,5-9,11H2,1-4H3,(H,19,20,21)/t14-,15?,18?/m0/s1. The number of aromatic nitrogens is 2. The lowest BCUT2D eigenvalue weighted by Gasteiger charge is -2.39. The molecule has 0 bridgehead atoms. The molecule has 0 aromatic carbocycles. The average molecular weight is 398 g/mol. The van der Waals surface area contributed by atoms with Crippen molar-refractivity contribution in [2.45, 2.75) is 51.8 Å². The second kappa shape index (κ2) is 8.28. The average Bonchev–Trinajstić information content (AvgIpc) is 2.61. The lowest BCUT2D eigenvalue weighted by atomic mass is 9.94. The molecular weight excluding hydrogens is 366 g/mol. The number of hydrogen-bond donors (Lipinski definition) is 1. The molecular formula is C18H31N5O3S. The van der Waals surface area contributed by atoms with Crippen molar-refractivity contribution in [3.63, 3.8) is 0 Å². The maximum absolute atomic E-state index is 11.9. The first-order chi connectivity index (χ1) is 12.8. The van der Waals surface area contributed by atoms with E-state index in [0.717, 1.165) is 31.1 Å². The molecule has 0 radical (unpaired) electrons. The van der Waals surface area contributed by atoms with Gasteiger partial charge in [-0.2, -0.15) is 4.31 Å². The second-order valence-corrected chi connectivity index (χ2v) is 9.84. The Morgan fingerprint density at radius 3 is 2.74 bits per heavy atom. The number of sulfonamides is 1. The van der Waals surface area contributed by atoms with Gasteiger partial charge in [-0.3, -0.25) is 0 Å². The highest BCUT2D eigenvalue weighted by Crippen LogP contribution is 2.25. The summed E-state index contributed by atoms with van der Waals surface area (Å²) < 4.78 is 31.2. The summed E-state index contributed by atoms with van der Waals surface area (Å²) in [5.74, 6) is 2.05. The smallest absolute Gasteiger partial charge is 0.211 e. The van der Waals surface area contributed by atoms with E-state index >= 15 is 0 Å². The van der Waals surface area contributed by atoms with Crippen molar-refractivity contribution in [1.82, 2.24) is 14.3 Å². The van der Waals surface area contributed by atoms with Gasteiger partial charge in [-0.1, -0.05) is 13.8 Å². The zero-order valence-corrected chi connectivity index (χ0v) is 17.4. The van der Waals surface area contributed by atoms with Gasteiger partial charge in [0.15, 0.2) is 0 Å². The highest BCUT2D eigenvalue weighted by atomic mass is 32.2. The van der Waals surface area contributed by atoms with Crippen molar-refractivity contribution in [1.29, 1.82) is 0 Å². The first-order valence-electron chi connectivity index (χ1n) is 9.67. The zero-order chi connectivity index (χ0) is 19.6. The molecule has 2 fully saturated rings. The summed E-state index contributed by atoms with van der Waals surface area (Å²) in [5.41, 5.74) is 0. The Morgan fingerprint density at radius 2 is 2.07 bits per heavy atom. The van der Waals surface area contributed by atoms with Gasteiger partial charge < -0.3 is 15.0 Å². The van der Waals surface area contributed by atoms with Crippen LogP contribution in [0.1, 0.15) is 33.6 Å². The molecule has 0 spiro atoms. The molecule has 9 heteroatoms. The van der Waals surface area contributed by atoms with Crippen LogP contribution in [0.5, 0.6) is 0 Å². The molecule has 1 aromatic rings. The number of anilines is 2. The van der Waals surface area contributed by atoms with E-state index in [1.54, 1.807) is 10.6 Å². The molecule has 2 aliphatic rings. The van der Waals surface area contributed by atoms with E-state index < -0.39 is 10.0 Å². The third kappa shape index (κ3) is 4.89. The van der Waals surface area contributed by atoms with Crippen LogP contribution in [0.25, 0.3) is 0 Å². The predicted molar refractivity (Wildman–Crippen MR) is 106 cm³/mol. The maximum atomic E-state index is 11.9. The van der Waals surface area contributed by atoms with Gasteiger partial charge >= 0.3 is 0 Å². The van der Waals surface area contributed by atoms with Crippen LogP contribution in [0.2, 0.25) is 0 Å². The highest BCUT2D eigenvalue weighted by Gasteiger charge is 2.31. The summed E-state index contributed by atoms with van der Waals surface area (Å²) in [6.07, 6.45) is 5.12. The van der Waals surface area contributed by atoms with Crippen LogP contribution in [-0.2, 0) is 14.8 Å². The first kappa shape index (κ1) is 20.3. The van der Waals surface area contributed by atoms with Crippen molar-refractivity contribution in [2.75, 3.05) is 42.7 Å². The molecule has 1 N–H and O–H groups in total. The Labute approximate surface area is 162 Å². The van der Waals surface area contributed by atoms with E-state index in [1.165, 1.54) is 6.26 Å². The number of hydrogen-bond acceptors (Lipinski definition) is 7. The maximum Gasteiger partial charge on any atom is 0.211 e. The van der Waals surface area contributed by atoms with Crippen LogP contribution in [0.3, 0.4) is 0 Å². The number of nitrogens with one attached hydrogen (secondary N) is 1. The van der Waals surface area contributed by atoms with Crippen LogP contribution in [-0.4, -0.2) is 73.4 Å². The van der Waals surface area contributed by atoms with Crippen LogP contribution in [0.4, 0.5) is 11.6 Å². The highest BCUT2D eigenvalue weighted by molar-refractivity contribution is 7.88. The minimum atomic E-state index is -3.17. The first-order valence-corrected chi connectivity index (χ1v) is 11.5. The van der Waals surface area contributed by atoms with Gasteiger partial charge in [0.1, 0.15) is 18.0 Å². The molecule has 2 saturated heterocycles. The molecule has 3 atom stereocenters. The molecule has 3 rings (SSSR count). The molecule has 152 valence electrons. The van der Waals surface area contributed by atoms with E-state index in [4.69, 9.17) is 4.74 Å². The van der Waals surface area contributed by atoms with Gasteiger partial charge in [-0.25, -0.2) is 18.4 Å². The Bertz CT molecular complexity index is 742. The Balaban J connectivity index is 1.69. The predicted octanol–water partition coefficient (Wildman–Crippen LogP) is 1.56. The van der Waals surface area contributed by atoms with Crippen LogP contribution in [0, 0.1) is 5.92 Å². The van der Waals surface area contributed by atoms with Crippen LogP contribution < -0.4 is 10.2 Å². The fourth-order valence-corrected chi connectivity index (χ4v) is 5.18. The minimum absolute atomic E-state index is 0.0859. The monoisotopic (exact) mass is 397 g/mol. The molecule has 2 unspecified atom stereocenters. The van der Waals surface area contributed by atoms with E-state index in [0.29, 0.717) is 25.6 Å². The quantitative estimate of drug-likeness (QED) is 0.807. The van der Waals surface area contributed by atoms with E-state index in [9.17, 15) is 8.42 Å². The zero-order valence-electron chi connectivity index (χ0n) is 16.6. The van der Waals surface area contributed by atoms with Crippen LogP contribution >= 0.6 is 0 Å². The van der Waals surface area contributed by atoms with Gasteiger partial charge in [0.05, 0.1) is 18.4 Å². The molecule has 27 heavy (non-hydrogen) atoms. The Hall–Kier alpha value is -1.45. The van der Waals surface area contributed by atoms with Gasteiger partial charge in [-0.15, -0.1) is 0 Å². The Kier molecular flexibility index (Phi) is 6.22. The summed E-state index contributed by atoms with van der Waals surface area (Å²) in [6, 6.07) is 2.11. The van der Waals surface area contributed by atoms with Crippen molar-refractivity contribution in [2.24, 2.45) is 5.92 Å². The third-order valence-corrected chi connectivity index (χ3v) is 6.72. The SMILES string of the molecule is CC(C)C1OCCCC1Nc1cc(N2CCN(S(C)(=O)=O)[C@@H](C)C2)ncn1. The molecule has 3 heterocycles. The topological polar surface area (TPSA) is 87.7 Å².